The highest BCUT2D eigenvalue weighted by Crippen LogP contribution is 2.06. The molecule has 6 nitrogen and oxygen atoms in total. The molecule has 0 fully saturated rings. The van der Waals surface area contributed by atoms with Gasteiger partial charge in [-0.3, -0.25) is 9.48 Å². The Kier molecular flexibility index (Phi) is 5.35. The molecule has 0 saturated carbocycles. The van der Waals surface area contributed by atoms with Gasteiger partial charge in [0.15, 0.2) is 0 Å². The highest BCUT2D eigenvalue weighted by atomic mass is 16.4. The van der Waals surface area contributed by atoms with E-state index in [-0.39, 0.29) is 5.91 Å². The molecule has 1 unspecified atom stereocenters. The lowest BCUT2D eigenvalue weighted by molar-refractivity contribution is -0.142. The van der Waals surface area contributed by atoms with Crippen LogP contribution in [0.4, 0.5) is 0 Å². The standard InChI is InChI=1S/C12H19N3O3/c1-3-4-6-10(12(17)18)14-11(16)9(2)15-8-5-7-13-15/h5,7-10H,3-4,6H2,1-2H3,(H,14,16)(H,17,18)/t9?,10-/m0/s1. The predicted octanol–water partition coefficient (Wildman–Crippen LogP) is 1.20. The molecule has 0 radical (unpaired) electrons. The molecule has 1 aromatic heterocycles. The average molecular weight is 253 g/mol. The number of rotatable bonds is 7. The number of carboxylic acids is 1. The van der Waals surface area contributed by atoms with Crippen molar-refractivity contribution in [2.24, 2.45) is 0 Å². The Morgan fingerprint density at radius 3 is 2.72 bits per heavy atom. The molecule has 6 heteroatoms. The fourth-order valence-corrected chi connectivity index (χ4v) is 1.59. The van der Waals surface area contributed by atoms with Gasteiger partial charge in [-0.05, 0) is 19.4 Å². The lowest BCUT2D eigenvalue weighted by atomic mass is 10.1. The SMILES string of the molecule is CCCC[C@H](NC(=O)C(C)n1cccn1)C(=O)O. The number of nitrogens with one attached hydrogen (secondary N) is 1. The van der Waals surface area contributed by atoms with Gasteiger partial charge >= 0.3 is 5.97 Å². The summed E-state index contributed by atoms with van der Waals surface area (Å²) in [6.07, 6.45) is 5.37. The Hall–Kier alpha value is -1.85. The number of unbranched alkanes of at least 4 members (excludes halogenated alkanes) is 1. The summed E-state index contributed by atoms with van der Waals surface area (Å²) in [7, 11) is 0. The number of aromatic nitrogens is 2. The van der Waals surface area contributed by atoms with Gasteiger partial charge in [0.2, 0.25) is 5.91 Å². The zero-order chi connectivity index (χ0) is 13.5. The van der Waals surface area contributed by atoms with Gasteiger partial charge in [0.25, 0.3) is 0 Å². The minimum Gasteiger partial charge on any atom is -0.480 e. The topological polar surface area (TPSA) is 84.2 Å². The molecule has 1 rings (SSSR count). The second kappa shape index (κ2) is 6.78. The lowest BCUT2D eigenvalue weighted by Gasteiger charge is -2.17. The Morgan fingerprint density at radius 2 is 2.22 bits per heavy atom. The van der Waals surface area contributed by atoms with Gasteiger partial charge in [0.05, 0.1) is 0 Å². The molecule has 0 aliphatic rings. The molecule has 2 atom stereocenters. The molecular weight excluding hydrogens is 234 g/mol. The van der Waals surface area contributed by atoms with E-state index >= 15 is 0 Å². The largest absolute Gasteiger partial charge is 0.480 e. The van der Waals surface area contributed by atoms with Crippen LogP contribution in [0.15, 0.2) is 18.5 Å². The van der Waals surface area contributed by atoms with E-state index in [0.717, 1.165) is 12.8 Å². The second-order valence-electron chi connectivity index (χ2n) is 4.20. The maximum Gasteiger partial charge on any atom is 0.326 e. The molecule has 0 bridgehead atoms. The number of carbonyl (C=O) groups is 2. The van der Waals surface area contributed by atoms with Gasteiger partial charge in [0, 0.05) is 12.4 Å². The molecular formula is C12H19N3O3. The summed E-state index contributed by atoms with van der Waals surface area (Å²) in [6, 6.07) is 0.383. The number of carbonyl (C=O) groups excluding carboxylic acids is 1. The molecule has 0 saturated heterocycles. The van der Waals surface area contributed by atoms with E-state index in [4.69, 9.17) is 5.11 Å². The summed E-state index contributed by atoms with van der Waals surface area (Å²) >= 11 is 0. The minimum absolute atomic E-state index is 0.331. The first-order valence-electron chi connectivity index (χ1n) is 6.08. The monoisotopic (exact) mass is 253 g/mol. The van der Waals surface area contributed by atoms with Crippen molar-refractivity contribution in [3.63, 3.8) is 0 Å². The Bertz CT molecular complexity index is 389. The maximum atomic E-state index is 11.9. The summed E-state index contributed by atoms with van der Waals surface area (Å²) < 4.78 is 1.49. The van der Waals surface area contributed by atoms with E-state index in [0.29, 0.717) is 6.42 Å². The number of hydrogen-bond acceptors (Lipinski definition) is 3. The molecule has 1 aromatic rings. The van der Waals surface area contributed by atoms with E-state index in [9.17, 15) is 9.59 Å². The van der Waals surface area contributed by atoms with Gasteiger partial charge < -0.3 is 10.4 Å². The Morgan fingerprint density at radius 1 is 1.50 bits per heavy atom. The van der Waals surface area contributed by atoms with Crippen molar-refractivity contribution in [3.8, 4) is 0 Å². The van der Waals surface area contributed by atoms with Crippen LogP contribution < -0.4 is 5.32 Å². The molecule has 0 aromatic carbocycles. The smallest absolute Gasteiger partial charge is 0.326 e. The van der Waals surface area contributed by atoms with Crippen LogP contribution in [0.3, 0.4) is 0 Å². The lowest BCUT2D eigenvalue weighted by Crippen LogP contribution is -2.43. The molecule has 0 aliphatic heterocycles. The van der Waals surface area contributed by atoms with Crippen LogP contribution in [-0.4, -0.2) is 32.8 Å². The third-order valence-electron chi connectivity index (χ3n) is 2.76. The molecule has 100 valence electrons. The van der Waals surface area contributed by atoms with Crippen molar-refractivity contribution in [1.29, 1.82) is 0 Å². The summed E-state index contributed by atoms with van der Waals surface area (Å²) in [5, 5.41) is 15.5. The zero-order valence-electron chi connectivity index (χ0n) is 10.7. The minimum atomic E-state index is -0.996. The fourth-order valence-electron chi connectivity index (χ4n) is 1.59. The molecule has 0 spiro atoms. The average Bonchev–Trinajstić information content (AvgIpc) is 2.86. The van der Waals surface area contributed by atoms with Crippen LogP contribution in [0.25, 0.3) is 0 Å². The number of amides is 1. The van der Waals surface area contributed by atoms with E-state index in [1.54, 1.807) is 25.4 Å². The van der Waals surface area contributed by atoms with Crippen LogP contribution in [0.5, 0.6) is 0 Å². The fraction of sp³-hybridized carbons (Fsp3) is 0.583. The zero-order valence-corrected chi connectivity index (χ0v) is 10.7. The maximum absolute atomic E-state index is 11.9. The Labute approximate surface area is 106 Å². The van der Waals surface area contributed by atoms with Crippen molar-refractivity contribution < 1.29 is 14.7 Å². The third-order valence-corrected chi connectivity index (χ3v) is 2.76. The summed E-state index contributed by atoms with van der Waals surface area (Å²) in [5.41, 5.74) is 0. The first-order chi connectivity index (χ1) is 8.56. The molecule has 2 N–H and O–H groups in total. The molecule has 1 heterocycles. The van der Waals surface area contributed by atoms with Crippen LogP contribution in [0.2, 0.25) is 0 Å². The van der Waals surface area contributed by atoms with Crippen molar-refractivity contribution in [2.75, 3.05) is 0 Å². The highest BCUT2D eigenvalue weighted by Gasteiger charge is 2.23. The molecule has 1 amide bonds. The summed E-state index contributed by atoms with van der Waals surface area (Å²) in [6.45, 7) is 3.66. The van der Waals surface area contributed by atoms with Crippen LogP contribution in [0.1, 0.15) is 39.2 Å². The highest BCUT2D eigenvalue weighted by molar-refractivity contribution is 5.85. The van der Waals surface area contributed by atoms with Crippen molar-refractivity contribution in [1.82, 2.24) is 15.1 Å². The van der Waals surface area contributed by atoms with Gasteiger partial charge in [-0.2, -0.15) is 5.10 Å². The van der Waals surface area contributed by atoms with Gasteiger partial charge in [-0.1, -0.05) is 19.8 Å². The third kappa shape index (κ3) is 3.87. The van der Waals surface area contributed by atoms with Gasteiger partial charge in [-0.25, -0.2) is 4.79 Å². The normalized spacial score (nSPS) is 13.9. The van der Waals surface area contributed by atoms with E-state index < -0.39 is 18.1 Å². The summed E-state index contributed by atoms with van der Waals surface area (Å²) in [5.74, 6) is -1.33. The Balaban J connectivity index is 2.58. The number of aliphatic carboxylic acids is 1. The van der Waals surface area contributed by atoms with Crippen molar-refractivity contribution >= 4 is 11.9 Å². The number of hydrogen-bond donors (Lipinski definition) is 2. The van der Waals surface area contributed by atoms with E-state index in [1.807, 2.05) is 6.92 Å². The van der Waals surface area contributed by atoms with Gasteiger partial charge in [0.1, 0.15) is 12.1 Å². The number of carboxylic acid groups (broad SMARTS) is 1. The first-order valence-corrected chi connectivity index (χ1v) is 6.08. The van der Waals surface area contributed by atoms with Crippen LogP contribution in [0, 0.1) is 0 Å². The molecule has 0 aliphatic carbocycles. The summed E-state index contributed by atoms with van der Waals surface area (Å²) in [4.78, 5) is 22.9. The molecule has 18 heavy (non-hydrogen) atoms. The first kappa shape index (κ1) is 14.2. The van der Waals surface area contributed by atoms with Gasteiger partial charge in [-0.15, -0.1) is 0 Å². The van der Waals surface area contributed by atoms with E-state index in [2.05, 4.69) is 10.4 Å². The second-order valence-corrected chi connectivity index (χ2v) is 4.20. The van der Waals surface area contributed by atoms with Crippen molar-refractivity contribution in [2.45, 2.75) is 45.2 Å². The van der Waals surface area contributed by atoms with Crippen molar-refractivity contribution in [3.05, 3.63) is 18.5 Å². The number of nitrogens with zero attached hydrogens (tertiary/aromatic N) is 2. The van der Waals surface area contributed by atoms with Crippen LogP contribution in [-0.2, 0) is 9.59 Å². The van der Waals surface area contributed by atoms with E-state index in [1.165, 1.54) is 4.68 Å². The quantitative estimate of drug-likeness (QED) is 0.764. The van der Waals surface area contributed by atoms with Crippen LogP contribution >= 0.6 is 0 Å². The predicted molar refractivity (Wildman–Crippen MR) is 66.0 cm³/mol.